The zero-order valence-electron chi connectivity index (χ0n) is 10.7. The van der Waals surface area contributed by atoms with E-state index in [2.05, 4.69) is 34.6 Å². The molecule has 1 aromatic heterocycles. The van der Waals surface area contributed by atoms with Gasteiger partial charge < -0.3 is 10.7 Å². The van der Waals surface area contributed by atoms with E-state index in [1.807, 2.05) is 6.92 Å². The highest BCUT2D eigenvalue weighted by atomic mass is 15.3. The molecule has 1 aliphatic carbocycles. The lowest BCUT2D eigenvalue weighted by Gasteiger charge is -2.28. The monoisotopic (exact) mass is 235 g/mol. The van der Waals surface area contributed by atoms with E-state index in [9.17, 15) is 0 Å². The quantitative estimate of drug-likeness (QED) is 0.552. The lowest BCUT2D eigenvalue weighted by Crippen LogP contribution is -2.31. The van der Waals surface area contributed by atoms with Crippen LogP contribution < -0.4 is 16.6 Å². The number of hydrogen-bond donors (Lipinski definition) is 3. The number of nitrogen functional groups attached to an aromatic ring is 1. The predicted molar refractivity (Wildman–Crippen MR) is 69.6 cm³/mol. The first-order valence-electron chi connectivity index (χ1n) is 6.09. The van der Waals surface area contributed by atoms with Crippen molar-refractivity contribution in [3.63, 3.8) is 0 Å². The largest absolute Gasteiger partial charge is 0.366 e. The van der Waals surface area contributed by atoms with Gasteiger partial charge in [0, 0.05) is 11.6 Å². The highest BCUT2D eigenvalue weighted by Gasteiger charge is 2.34. The molecule has 1 aromatic rings. The second kappa shape index (κ2) is 4.49. The van der Waals surface area contributed by atoms with Crippen LogP contribution in [0.3, 0.4) is 0 Å². The average Bonchev–Trinajstić information content (AvgIpc) is 2.61. The van der Waals surface area contributed by atoms with Crippen LogP contribution in [0.25, 0.3) is 0 Å². The fourth-order valence-corrected chi connectivity index (χ4v) is 2.50. The molecule has 1 fully saturated rings. The molecule has 1 atom stereocenters. The van der Waals surface area contributed by atoms with Crippen LogP contribution in [0.4, 0.5) is 11.6 Å². The van der Waals surface area contributed by atoms with Crippen LogP contribution in [0.15, 0.2) is 6.33 Å². The average molecular weight is 235 g/mol. The Balaban J connectivity index is 2.19. The molecule has 0 bridgehead atoms. The number of hydrazine groups is 1. The van der Waals surface area contributed by atoms with Crippen molar-refractivity contribution in [3.05, 3.63) is 11.9 Å². The maximum Gasteiger partial charge on any atom is 0.148 e. The van der Waals surface area contributed by atoms with Crippen molar-refractivity contribution in [2.24, 2.45) is 11.3 Å². The van der Waals surface area contributed by atoms with Crippen LogP contribution in [-0.4, -0.2) is 16.0 Å². The Morgan fingerprint density at radius 2 is 2.06 bits per heavy atom. The van der Waals surface area contributed by atoms with E-state index in [4.69, 9.17) is 5.84 Å². The van der Waals surface area contributed by atoms with E-state index in [-0.39, 0.29) is 0 Å². The summed E-state index contributed by atoms with van der Waals surface area (Å²) in [5.41, 5.74) is 3.89. The third kappa shape index (κ3) is 2.34. The molecule has 1 aliphatic rings. The molecule has 4 N–H and O–H groups in total. The Bertz CT molecular complexity index is 402. The van der Waals surface area contributed by atoms with E-state index in [1.54, 1.807) is 0 Å². The number of hydrogen-bond acceptors (Lipinski definition) is 5. The molecule has 94 valence electrons. The predicted octanol–water partition coefficient (Wildman–Crippen LogP) is 2.06. The third-order valence-corrected chi connectivity index (χ3v) is 3.79. The lowest BCUT2D eigenvalue weighted by molar-refractivity contribution is 0.349. The van der Waals surface area contributed by atoms with Gasteiger partial charge in [-0.05, 0) is 25.2 Å². The third-order valence-electron chi connectivity index (χ3n) is 3.79. The Kier molecular flexibility index (Phi) is 3.19. The van der Waals surface area contributed by atoms with Crippen molar-refractivity contribution in [2.75, 3.05) is 10.7 Å². The molecule has 17 heavy (non-hydrogen) atoms. The van der Waals surface area contributed by atoms with Crippen LogP contribution in [0, 0.1) is 12.3 Å². The summed E-state index contributed by atoms with van der Waals surface area (Å²) in [6, 6.07) is 0.474. The van der Waals surface area contributed by atoms with Crippen molar-refractivity contribution in [3.8, 4) is 0 Å². The van der Waals surface area contributed by atoms with Crippen molar-refractivity contribution >= 4 is 11.6 Å². The zero-order chi connectivity index (χ0) is 12.5. The molecule has 2 rings (SSSR count). The first-order chi connectivity index (χ1) is 8.04. The normalized spacial score (nSPS) is 22.5. The number of rotatable bonds is 3. The summed E-state index contributed by atoms with van der Waals surface area (Å²) in [5.74, 6) is 6.97. The minimum Gasteiger partial charge on any atom is -0.366 e. The summed E-state index contributed by atoms with van der Waals surface area (Å²) < 4.78 is 0. The molecule has 0 aromatic carbocycles. The van der Waals surface area contributed by atoms with Crippen LogP contribution in [0.1, 0.15) is 38.7 Å². The van der Waals surface area contributed by atoms with E-state index in [1.165, 1.54) is 25.6 Å². The summed E-state index contributed by atoms with van der Waals surface area (Å²) in [5, 5.41) is 3.53. The van der Waals surface area contributed by atoms with Gasteiger partial charge >= 0.3 is 0 Å². The Morgan fingerprint density at radius 1 is 1.35 bits per heavy atom. The summed E-state index contributed by atoms with van der Waals surface area (Å²) in [4.78, 5) is 8.38. The molecular formula is C12H21N5. The van der Waals surface area contributed by atoms with E-state index < -0.39 is 0 Å². The standard InChI is InChI=1S/C12H21N5/c1-8-10(14-7-15-11(8)17-13)16-9-5-4-6-12(9,2)3/h7,9H,4-6,13H2,1-3H3,(H2,14,15,16,17). The molecule has 0 amide bonds. The van der Waals surface area contributed by atoms with Gasteiger partial charge in [-0.1, -0.05) is 20.3 Å². The van der Waals surface area contributed by atoms with Gasteiger partial charge in [0.1, 0.15) is 18.0 Å². The summed E-state index contributed by atoms with van der Waals surface area (Å²) >= 11 is 0. The fraction of sp³-hybridized carbons (Fsp3) is 0.667. The minimum absolute atomic E-state index is 0.327. The summed E-state index contributed by atoms with van der Waals surface area (Å²) in [6.07, 6.45) is 5.27. The minimum atomic E-state index is 0.327. The van der Waals surface area contributed by atoms with Crippen molar-refractivity contribution in [1.29, 1.82) is 0 Å². The molecule has 0 saturated heterocycles. The molecule has 0 radical (unpaired) electrons. The molecule has 0 aliphatic heterocycles. The zero-order valence-corrected chi connectivity index (χ0v) is 10.7. The highest BCUT2D eigenvalue weighted by Crippen LogP contribution is 2.39. The van der Waals surface area contributed by atoms with Crippen LogP contribution >= 0.6 is 0 Å². The second-order valence-electron chi connectivity index (χ2n) is 5.42. The summed E-state index contributed by atoms with van der Waals surface area (Å²) in [7, 11) is 0. The number of nitrogens with one attached hydrogen (secondary N) is 2. The Hall–Kier alpha value is -1.36. The van der Waals surface area contributed by atoms with Crippen molar-refractivity contribution in [2.45, 2.75) is 46.1 Å². The molecule has 1 unspecified atom stereocenters. The van der Waals surface area contributed by atoms with Gasteiger partial charge in [-0.25, -0.2) is 15.8 Å². The van der Waals surface area contributed by atoms with Crippen molar-refractivity contribution in [1.82, 2.24) is 9.97 Å². The SMILES string of the molecule is Cc1c(NN)ncnc1NC1CCCC1(C)C. The van der Waals surface area contributed by atoms with Crippen LogP contribution in [0.2, 0.25) is 0 Å². The maximum atomic E-state index is 5.41. The molecule has 1 heterocycles. The van der Waals surface area contributed by atoms with E-state index in [0.29, 0.717) is 17.3 Å². The van der Waals surface area contributed by atoms with Crippen LogP contribution in [-0.2, 0) is 0 Å². The first-order valence-corrected chi connectivity index (χ1v) is 6.09. The highest BCUT2D eigenvalue weighted by molar-refractivity contribution is 5.56. The maximum absolute atomic E-state index is 5.41. The molecule has 0 spiro atoms. The smallest absolute Gasteiger partial charge is 0.148 e. The fourth-order valence-electron chi connectivity index (χ4n) is 2.50. The van der Waals surface area contributed by atoms with Gasteiger partial charge in [0.2, 0.25) is 0 Å². The first kappa shape index (κ1) is 12.1. The number of nitrogens with two attached hydrogens (primary N) is 1. The second-order valence-corrected chi connectivity index (χ2v) is 5.42. The number of nitrogens with zero attached hydrogens (tertiary/aromatic N) is 2. The van der Waals surface area contributed by atoms with Gasteiger partial charge in [-0.2, -0.15) is 0 Å². The number of aromatic nitrogens is 2. The molecule has 1 saturated carbocycles. The molecular weight excluding hydrogens is 214 g/mol. The Labute approximate surface area is 102 Å². The van der Waals surface area contributed by atoms with Gasteiger partial charge in [0.25, 0.3) is 0 Å². The van der Waals surface area contributed by atoms with E-state index in [0.717, 1.165) is 11.4 Å². The molecule has 5 nitrogen and oxygen atoms in total. The topological polar surface area (TPSA) is 75.9 Å². The van der Waals surface area contributed by atoms with Gasteiger partial charge in [0.05, 0.1) is 0 Å². The van der Waals surface area contributed by atoms with Gasteiger partial charge in [0.15, 0.2) is 0 Å². The summed E-state index contributed by atoms with van der Waals surface area (Å²) in [6.45, 7) is 6.58. The van der Waals surface area contributed by atoms with Gasteiger partial charge in [-0.3, -0.25) is 0 Å². The van der Waals surface area contributed by atoms with Gasteiger partial charge in [-0.15, -0.1) is 0 Å². The Morgan fingerprint density at radius 3 is 2.65 bits per heavy atom. The van der Waals surface area contributed by atoms with E-state index >= 15 is 0 Å². The lowest BCUT2D eigenvalue weighted by atomic mass is 9.87. The van der Waals surface area contributed by atoms with Crippen LogP contribution in [0.5, 0.6) is 0 Å². The van der Waals surface area contributed by atoms with Crippen molar-refractivity contribution < 1.29 is 0 Å². The number of anilines is 2. The molecule has 5 heteroatoms.